The van der Waals surface area contributed by atoms with Crippen LogP contribution in [-0.2, 0) is 6.54 Å². The molecule has 7 heteroatoms. The van der Waals surface area contributed by atoms with Crippen molar-refractivity contribution in [2.24, 2.45) is 11.7 Å². The molecule has 1 saturated carbocycles. The second kappa shape index (κ2) is 10.1. The summed E-state index contributed by atoms with van der Waals surface area (Å²) in [4.78, 5) is 23.9. The molecule has 170 valence electrons. The Morgan fingerprint density at radius 3 is 2.59 bits per heavy atom. The van der Waals surface area contributed by atoms with Gasteiger partial charge in [-0.1, -0.05) is 6.92 Å². The van der Waals surface area contributed by atoms with E-state index in [0.717, 1.165) is 73.4 Å². The summed E-state index contributed by atoms with van der Waals surface area (Å²) in [6.45, 7) is 7.37. The maximum absolute atomic E-state index is 11.6. The van der Waals surface area contributed by atoms with Crippen LogP contribution < -0.4 is 16.0 Å². The highest BCUT2D eigenvalue weighted by atomic mass is 16.1. The lowest BCUT2D eigenvalue weighted by molar-refractivity contribution is 0.101. The first kappa shape index (κ1) is 22.3. The smallest absolute Gasteiger partial charge is 0.209 e. The van der Waals surface area contributed by atoms with Gasteiger partial charge >= 0.3 is 0 Å². The van der Waals surface area contributed by atoms with Crippen molar-refractivity contribution in [1.29, 1.82) is 0 Å². The summed E-state index contributed by atoms with van der Waals surface area (Å²) in [6, 6.07) is 11.7. The van der Waals surface area contributed by atoms with Crippen LogP contribution in [0.3, 0.4) is 0 Å². The van der Waals surface area contributed by atoms with Gasteiger partial charge in [-0.05, 0) is 87.9 Å². The number of nitrogens with one attached hydrogen (secondary N) is 1. The molecular formula is C25H34N6O. The van der Waals surface area contributed by atoms with Crippen molar-refractivity contribution < 1.29 is 4.79 Å². The summed E-state index contributed by atoms with van der Waals surface area (Å²) in [7, 11) is 0. The number of Topliss-reactive ketones (excluding diaryl/α,β-unsaturated/α-hetero) is 1. The molecule has 0 atom stereocenters. The maximum Gasteiger partial charge on any atom is 0.209 e. The normalized spacial score (nSPS) is 13.5. The van der Waals surface area contributed by atoms with Crippen LogP contribution in [0.1, 0.15) is 56.3 Å². The topological polar surface area (TPSA) is 89.1 Å². The number of hydrogen-bond donors (Lipinski definition) is 2. The number of rotatable bonds is 12. The number of pyridine rings is 1. The highest BCUT2D eigenvalue weighted by molar-refractivity contribution is 5.94. The lowest BCUT2D eigenvalue weighted by Gasteiger charge is -2.23. The fourth-order valence-corrected chi connectivity index (χ4v) is 3.99. The first-order valence-corrected chi connectivity index (χ1v) is 11.8. The van der Waals surface area contributed by atoms with E-state index in [9.17, 15) is 4.79 Å². The van der Waals surface area contributed by atoms with E-state index < -0.39 is 0 Å². The van der Waals surface area contributed by atoms with E-state index in [-0.39, 0.29) is 5.78 Å². The summed E-state index contributed by atoms with van der Waals surface area (Å²) in [6.07, 6.45) is 5.68. The number of anilines is 3. The molecule has 0 saturated heterocycles. The van der Waals surface area contributed by atoms with Crippen LogP contribution in [0, 0.1) is 5.92 Å². The Labute approximate surface area is 190 Å². The second-order valence-corrected chi connectivity index (χ2v) is 8.74. The van der Waals surface area contributed by atoms with E-state index in [1.54, 1.807) is 6.92 Å². The number of aromatic nitrogens is 3. The number of unbranched alkanes of at least 4 members (excludes halogenated alkanes) is 1. The molecule has 2 heterocycles. The average Bonchev–Trinajstić information content (AvgIpc) is 3.55. The Bertz CT molecular complexity index is 1050. The van der Waals surface area contributed by atoms with Crippen molar-refractivity contribution in [1.82, 2.24) is 14.5 Å². The van der Waals surface area contributed by atoms with Crippen molar-refractivity contribution in [2.75, 3.05) is 29.9 Å². The molecule has 32 heavy (non-hydrogen) atoms. The van der Waals surface area contributed by atoms with Crippen molar-refractivity contribution >= 4 is 34.4 Å². The number of aryl methyl sites for hydroxylation is 1. The van der Waals surface area contributed by atoms with Gasteiger partial charge in [0.1, 0.15) is 11.3 Å². The van der Waals surface area contributed by atoms with E-state index in [2.05, 4.69) is 33.8 Å². The third kappa shape index (κ3) is 5.27. The Morgan fingerprint density at radius 2 is 1.94 bits per heavy atom. The number of nitrogens with zero attached hydrogens (tertiary/aromatic N) is 4. The second-order valence-electron chi connectivity index (χ2n) is 8.74. The molecule has 7 nitrogen and oxygen atoms in total. The van der Waals surface area contributed by atoms with Crippen LogP contribution in [0.2, 0.25) is 0 Å². The number of benzene rings is 1. The van der Waals surface area contributed by atoms with Gasteiger partial charge in [-0.15, -0.1) is 0 Å². The van der Waals surface area contributed by atoms with Crippen LogP contribution in [-0.4, -0.2) is 40.0 Å². The minimum Gasteiger partial charge on any atom is -0.356 e. The molecule has 0 amide bonds. The van der Waals surface area contributed by atoms with Crippen molar-refractivity contribution in [3.8, 4) is 0 Å². The van der Waals surface area contributed by atoms with Crippen LogP contribution in [0.25, 0.3) is 11.2 Å². The Kier molecular flexibility index (Phi) is 7.05. The Balaban J connectivity index is 1.66. The van der Waals surface area contributed by atoms with Gasteiger partial charge in [0.05, 0.1) is 0 Å². The molecule has 3 N–H and O–H groups in total. The molecule has 0 aliphatic heterocycles. The van der Waals surface area contributed by atoms with Gasteiger partial charge in [0, 0.05) is 30.9 Å². The van der Waals surface area contributed by atoms with Crippen molar-refractivity contribution in [3.63, 3.8) is 0 Å². The predicted molar refractivity (Wildman–Crippen MR) is 131 cm³/mol. The number of nitrogens with two attached hydrogens (primary N) is 1. The average molecular weight is 435 g/mol. The summed E-state index contributed by atoms with van der Waals surface area (Å²) in [5.41, 5.74) is 9.12. The minimum atomic E-state index is 0.0603. The molecule has 1 aromatic carbocycles. The number of hydrogen-bond acceptors (Lipinski definition) is 6. The van der Waals surface area contributed by atoms with Crippen molar-refractivity contribution in [3.05, 3.63) is 42.0 Å². The molecule has 1 fully saturated rings. The zero-order chi connectivity index (χ0) is 22.5. The summed E-state index contributed by atoms with van der Waals surface area (Å²) >= 11 is 0. The molecule has 0 spiro atoms. The van der Waals surface area contributed by atoms with Gasteiger partial charge in [0.25, 0.3) is 0 Å². The first-order chi connectivity index (χ1) is 15.6. The number of imidazole rings is 1. The molecule has 1 aliphatic rings. The van der Waals surface area contributed by atoms with E-state index in [1.165, 1.54) is 12.8 Å². The number of ketones is 1. The fourth-order valence-electron chi connectivity index (χ4n) is 3.99. The molecule has 1 aliphatic carbocycles. The lowest BCUT2D eigenvalue weighted by Crippen LogP contribution is -2.27. The molecule has 2 aromatic heterocycles. The van der Waals surface area contributed by atoms with Crippen molar-refractivity contribution in [2.45, 2.75) is 52.5 Å². The summed E-state index contributed by atoms with van der Waals surface area (Å²) < 4.78 is 2.16. The molecular weight excluding hydrogens is 400 g/mol. The molecule has 0 unspecified atom stereocenters. The van der Waals surface area contributed by atoms with Gasteiger partial charge < -0.3 is 16.0 Å². The van der Waals surface area contributed by atoms with Gasteiger partial charge in [-0.25, -0.2) is 9.97 Å². The minimum absolute atomic E-state index is 0.0603. The maximum atomic E-state index is 11.6. The third-order valence-electron chi connectivity index (χ3n) is 5.95. The summed E-state index contributed by atoms with van der Waals surface area (Å²) in [5.74, 6) is 2.67. The van der Waals surface area contributed by atoms with Gasteiger partial charge in [-0.2, -0.15) is 0 Å². The van der Waals surface area contributed by atoms with Crippen LogP contribution in [0.5, 0.6) is 0 Å². The Morgan fingerprint density at radius 1 is 1.16 bits per heavy atom. The van der Waals surface area contributed by atoms with Gasteiger partial charge in [0.2, 0.25) is 5.95 Å². The van der Waals surface area contributed by atoms with Crippen LogP contribution in [0.4, 0.5) is 17.5 Å². The highest BCUT2D eigenvalue weighted by Gasteiger charge is 2.25. The monoisotopic (exact) mass is 434 g/mol. The molecule has 0 radical (unpaired) electrons. The van der Waals surface area contributed by atoms with E-state index in [1.807, 2.05) is 24.3 Å². The number of carbonyl (C=O) groups excluding carboxylic acids is 1. The number of carbonyl (C=O) groups is 1. The quantitative estimate of drug-likeness (QED) is 0.316. The standard InChI is InChI=1S/C25H34N6O/c1-3-15-30(17-19-6-7-19)23-13-12-22-24(29-23)31(16-5-4-14-26)25(28-22)27-21-10-8-20(9-11-21)18(2)32/h8-13,19H,3-7,14-17,26H2,1-2H3,(H,27,28). The Hall–Kier alpha value is -2.93. The highest BCUT2D eigenvalue weighted by Crippen LogP contribution is 2.32. The molecule has 4 rings (SSSR count). The van der Waals surface area contributed by atoms with E-state index >= 15 is 0 Å². The SMILES string of the molecule is CCCN(CC1CC1)c1ccc2nc(Nc3ccc(C(C)=O)cc3)n(CCCCN)c2n1. The number of fused-ring (bicyclic) bond motifs is 1. The van der Waals surface area contributed by atoms with Crippen LogP contribution >= 0.6 is 0 Å². The lowest BCUT2D eigenvalue weighted by atomic mass is 10.1. The van der Waals surface area contributed by atoms with Crippen LogP contribution in [0.15, 0.2) is 36.4 Å². The molecule has 0 bridgehead atoms. The van der Waals surface area contributed by atoms with E-state index in [0.29, 0.717) is 12.1 Å². The zero-order valence-corrected chi connectivity index (χ0v) is 19.2. The largest absolute Gasteiger partial charge is 0.356 e. The zero-order valence-electron chi connectivity index (χ0n) is 19.2. The van der Waals surface area contributed by atoms with Gasteiger partial charge in [0.15, 0.2) is 11.4 Å². The fraction of sp³-hybridized carbons (Fsp3) is 0.480. The van der Waals surface area contributed by atoms with E-state index in [4.69, 9.17) is 15.7 Å². The summed E-state index contributed by atoms with van der Waals surface area (Å²) in [5, 5.41) is 3.43. The first-order valence-electron chi connectivity index (χ1n) is 11.8. The van der Waals surface area contributed by atoms with Gasteiger partial charge in [-0.3, -0.25) is 9.36 Å². The predicted octanol–water partition coefficient (Wildman–Crippen LogP) is 4.74. The molecule has 3 aromatic rings. The third-order valence-corrected chi connectivity index (χ3v) is 5.95.